The third-order valence-electron chi connectivity index (χ3n) is 3.42. The minimum atomic E-state index is -0.784. The van der Waals surface area contributed by atoms with Crippen LogP contribution < -0.4 is 11.5 Å². The fourth-order valence-electron chi connectivity index (χ4n) is 1.92. The molecule has 2 amide bonds. The van der Waals surface area contributed by atoms with Crippen molar-refractivity contribution in [2.24, 2.45) is 11.5 Å². The van der Waals surface area contributed by atoms with Crippen molar-refractivity contribution in [1.82, 2.24) is 9.97 Å². The van der Waals surface area contributed by atoms with Crippen LogP contribution in [0, 0.1) is 0 Å². The van der Waals surface area contributed by atoms with Gasteiger partial charge in [-0.15, -0.1) is 0 Å². The first-order chi connectivity index (χ1) is 14.2. The van der Waals surface area contributed by atoms with E-state index < -0.39 is 23.8 Å². The number of hydrogen-bond acceptors (Lipinski definition) is 6. The highest BCUT2D eigenvalue weighted by Crippen LogP contribution is 2.04. The smallest absolute Gasteiger partial charge is 0.303 e. The number of aromatic nitrogens is 2. The Morgan fingerprint density at radius 2 is 1.07 bits per heavy atom. The van der Waals surface area contributed by atoms with Crippen molar-refractivity contribution in [3.63, 3.8) is 0 Å². The number of pyridine rings is 2. The van der Waals surface area contributed by atoms with Crippen molar-refractivity contribution >= 4 is 23.8 Å². The van der Waals surface area contributed by atoms with E-state index in [-0.39, 0.29) is 12.8 Å². The van der Waals surface area contributed by atoms with Crippen molar-refractivity contribution < 1.29 is 29.4 Å². The number of nitrogens with two attached hydrogens (primary N) is 2. The molecule has 0 saturated heterocycles. The average Bonchev–Trinajstić information content (AvgIpc) is 2.72. The topological polar surface area (TPSA) is 187 Å². The molecule has 0 aliphatic rings. The summed E-state index contributed by atoms with van der Waals surface area (Å²) in [5.41, 5.74) is 10.8. The second-order valence-corrected chi connectivity index (χ2v) is 5.91. The minimum Gasteiger partial charge on any atom is -0.481 e. The Morgan fingerprint density at radius 3 is 1.27 bits per heavy atom. The Hall–Kier alpha value is -3.82. The summed E-state index contributed by atoms with van der Waals surface area (Å²) in [5, 5.41) is 16.5. The predicted molar refractivity (Wildman–Crippen MR) is 108 cm³/mol. The predicted octanol–water partition coefficient (Wildman–Crippen LogP) is 1.86. The van der Waals surface area contributed by atoms with Gasteiger partial charge < -0.3 is 21.7 Å². The van der Waals surface area contributed by atoms with Gasteiger partial charge in [0, 0.05) is 37.6 Å². The van der Waals surface area contributed by atoms with Crippen LogP contribution in [0.25, 0.3) is 0 Å². The van der Waals surface area contributed by atoms with E-state index >= 15 is 0 Å². The van der Waals surface area contributed by atoms with E-state index in [9.17, 15) is 19.2 Å². The lowest BCUT2D eigenvalue weighted by molar-refractivity contribution is -0.138. The first kappa shape index (κ1) is 26.2. The van der Waals surface area contributed by atoms with Crippen molar-refractivity contribution in [3.05, 3.63) is 60.2 Å². The van der Waals surface area contributed by atoms with Crippen LogP contribution in [0.5, 0.6) is 0 Å². The lowest BCUT2D eigenvalue weighted by Crippen LogP contribution is -2.10. The van der Waals surface area contributed by atoms with Crippen LogP contribution in [-0.4, -0.2) is 43.9 Å². The Morgan fingerprint density at radius 1 is 0.700 bits per heavy atom. The van der Waals surface area contributed by atoms with Gasteiger partial charge in [-0.05, 0) is 37.1 Å². The number of carboxylic acids is 2. The molecule has 2 heterocycles. The summed E-state index contributed by atoms with van der Waals surface area (Å²) in [7, 11) is 0. The second kappa shape index (κ2) is 16.2. The molecule has 10 nitrogen and oxygen atoms in total. The molecule has 0 bridgehead atoms. The molecular formula is C20H26N4O6. The lowest BCUT2D eigenvalue weighted by atomic mass is 10.1. The Bertz CT molecular complexity index is 717. The molecular weight excluding hydrogens is 392 g/mol. The number of nitrogens with zero attached hydrogens (tertiary/aromatic N) is 2. The molecule has 0 unspecified atom stereocenters. The van der Waals surface area contributed by atoms with Crippen molar-refractivity contribution in [2.75, 3.05) is 0 Å². The third kappa shape index (κ3) is 15.3. The average molecular weight is 418 g/mol. The Kier molecular flexibility index (Phi) is 14.1. The van der Waals surface area contributed by atoms with Gasteiger partial charge in [-0.25, -0.2) is 0 Å². The molecule has 0 atom stereocenters. The van der Waals surface area contributed by atoms with E-state index in [4.69, 9.17) is 21.7 Å². The SMILES string of the molecule is NC(=O)c1cccnc1.NC(=O)c1cccnc1.O=C(O)CCCCCCC(=O)O. The zero-order valence-electron chi connectivity index (χ0n) is 16.4. The van der Waals surface area contributed by atoms with E-state index in [1.54, 1.807) is 36.7 Å². The summed E-state index contributed by atoms with van der Waals surface area (Å²) < 4.78 is 0. The van der Waals surface area contributed by atoms with Crippen LogP contribution >= 0.6 is 0 Å². The van der Waals surface area contributed by atoms with Gasteiger partial charge in [0.15, 0.2) is 0 Å². The highest BCUT2D eigenvalue weighted by molar-refractivity contribution is 5.92. The van der Waals surface area contributed by atoms with E-state index in [0.717, 1.165) is 12.8 Å². The zero-order valence-corrected chi connectivity index (χ0v) is 16.4. The number of unbranched alkanes of at least 4 members (excludes halogenated alkanes) is 3. The molecule has 0 aliphatic heterocycles. The van der Waals surface area contributed by atoms with Gasteiger partial charge in [-0.1, -0.05) is 12.8 Å². The van der Waals surface area contributed by atoms with Crippen molar-refractivity contribution in [2.45, 2.75) is 38.5 Å². The summed E-state index contributed by atoms with van der Waals surface area (Å²) in [6.45, 7) is 0. The van der Waals surface area contributed by atoms with Gasteiger partial charge in [-0.3, -0.25) is 29.1 Å². The number of carboxylic acid groups (broad SMARTS) is 2. The summed E-state index contributed by atoms with van der Waals surface area (Å²) in [4.78, 5) is 48.3. The van der Waals surface area contributed by atoms with Crippen LogP contribution in [0.15, 0.2) is 49.1 Å². The molecule has 6 N–H and O–H groups in total. The number of hydrogen-bond donors (Lipinski definition) is 4. The summed E-state index contributed by atoms with van der Waals surface area (Å²) in [6, 6.07) is 6.57. The van der Waals surface area contributed by atoms with Crippen molar-refractivity contribution in [3.8, 4) is 0 Å². The van der Waals surface area contributed by atoms with E-state index in [2.05, 4.69) is 9.97 Å². The van der Waals surface area contributed by atoms with E-state index in [1.165, 1.54) is 12.4 Å². The van der Waals surface area contributed by atoms with Crippen LogP contribution in [0.3, 0.4) is 0 Å². The third-order valence-corrected chi connectivity index (χ3v) is 3.42. The normalized spacial score (nSPS) is 9.20. The van der Waals surface area contributed by atoms with Gasteiger partial charge >= 0.3 is 11.9 Å². The largest absolute Gasteiger partial charge is 0.481 e. The summed E-state index contributed by atoms with van der Waals surface area (Å²) in [6.07, 6.45) is 9.33. The number of primary amides is 2. The summed E-state index contributed by atoms with van der Waals surface area (Å²) in [5.74, 6) is -2.45. The Balaban J connectivity index is 0.000000426. The molecule has 0 saturated carbocycles. The van der Waals surface area contributed by atoms with Crippen LogP contribution in [0.1, 0.15) is 59.2 Å². The van der Waals surface area contributed by atoms with Gasteiger partial charge in [0.2, 0.25) is 11.8 Å². The molecule has 2 rings (SSSR count). The number of carbonyl (C=O) groups is 4. The first-order valence-electron chi connectivity index (χ1n) is 9.07. The molecule has 0 aliphatic carbocycles. The molecule has 0 fully saturated rings. The van der Waals surface area contributed by atoms with Gasteiger partial charge in [0.25, 0.3) is 0 Å². The maximum Gasteiger partial charge on any atom is 0.303 e. The highest BCUT2D eigenvalue weighted by Gasteiger charge is 1.98. The van der Waals surface area contributed by atoms with E-state index in [1.807, 2.05) is 0 Å². The number of carbonyl (C=O) groups excluding carboxylic acids is 2. The van der Waals surface area contributed by atoms with Crippen LogP contribution in [0.2, 0.25) is 0 Å². The molecule has 2 aromatic rings. The minimum absolute atomic E-state index is 0.188. The summed E-state index contributed by atoms with van der Waals surface area (Å²) >= 11 is 0. The van der Waals surface area contributed by atoms with Crippen molar-refractivity contribution in [1.29, 1.82) is 0 Å². The number of aliphatic carboxylic acids is 2. The van der Waals surface area contributed by atoms with Gasteiger partial charge in [0.1, 0.15) is 0 Å². The van der Waals surface area contributed by atoms with Gasteiger partial charge in [-0.2, -0.15) is 0 Å². The van der Waals surface area contributed by atoms with Crippen LogP contribution in [-0.2, 0) is 9.59 Å². The second-order valence-electron chi connectivity index (χ2n) is 5.91. The fourth-order valence-corrected chi connectivity index (χ4v) is 1.92. The molecule has 162 valence electrons. The monoisotopic (exact) mass is 418 g/mol. The molecule has 2 aromatic heterocycles. The highest BCUT2D eigenvalue weighted by atomic mass is 16.4. The standard InChI is InChI=1S/C8H14O4.2C6H6N2O/c9-7(10)5-3-1-2-4-6-8(11)12;2*7-6(9)5-2-1-3-8-4-5/h1-6H2,(H,9,10)(H,11,12);2*1-4H,(H2,7,9). The molecule has 0 aromatic carbocycles. The first-order valence-corrected chi connectivity index (χ1v) is 9.07. The number of amides is 2. The van der Waals surface area contributed by atoms with Gasteiger partial charge in [0.05, 0.1) is 11.1 Å². The van der Waals surface area contributed by atoms with E-state index in [0.29, 0.717) is 24.0 Å². The molecule has 0 radical (unpaired) electrons. The molecule has 10 heteroatoms. The maximum atomic E-state index is 10.4. The quantitative estimate of drug-likeness (QED) is 0.444. The molecule has 30 heavy (non-hydrogen) atoms. The lowest BCUT2D eigenvalue weighted by Gasteiger charge is -1.96. The zero-order chi connectivity index (χ0) is 22.8. The molecule has 0 spiro atoms. The van der Waals surface area contributed by atoms with Crippen LogP contribution in [0.4, 0.5) is 0 Å². The maximum absolute atomic E-state index is 10.4. The fraction of sp³-hybridized carbons (Fsp3) is 0.300. The Labute approximate surface area is 174 Å². The number of rotatable bonds is 9.